The highest BCUT2D eigenvalue weighted by molar-refractivity contribution is 7.80. The minimum Gasteiger partial charge on any atom is -0.497 e. The number of ether oxygens (including phenoxy) is 1. The van der Waals surface area contributed by atoms with Crippen molar-refractivity contribution in [3.63, 3.8) is 0 Å². The zero-order valence-corrected chi connectivity index (χ0v) is 21.1. The van der Waals surface area contributed by atoms with Crippen molar-refractivity contribution in [3.8, 4) is 17.1 Å². The van der Waals surface area contributed by atoms with Gasteiger partial charge in [0, 0.05) is 17.8 Å². The summed E-state index contributed by atoms with van der Waals surface area (Å²) in [6.07, 6.45) is 4.38. The third-order valence-electron chi connectivity index (χ3n) is 6.31. The zero-order valence-electron chi connectivity index (χ0n) is 20.3. The third-order valence-corrected chi connectivity index (χ3v) is 6.65. The summed E-state index contributed by atoms with van der Waals surface area (Å²) in [5.41, 5.74) is 5.30. The van der Waals surface area contributed by atoms with Crippen molar-refractivity contribution in [2.75, 3.05) is 13.7 Å². The van der Waals surface area contributed by atoms with Crippen LogP contribution in [0.5, 0.6) is 5.75 Å². The van der Waals surface area contributed by atoms with E-state index in [1.165, 1.54) is 5.56 Å². The van der Waals surface area contributed by atoms with Crippen LogP contribution < -0.4 is 10.1 Å². The number of nitrogens with one attached hydrogen (secondary N) is 1. The number of benzene rings is 2. The van der Waals surface area contributed by atoms with Crippen LogP contribution in [0.1, 0.15) is 63.1 Å². The molecule has 0 saturated heterocycles. The van der Waals surface area contributed by atoms with Gasteiger partial charge >= 0.3 is 0 Å². The summed E-state index contributed by atoms with van der Waals surface area (Å²) in [5.74, 6) is 1.83. The lowest BCUT2D eigenvalue weighted by Crippen LogP contribution is -2.46. The summed E-state index contributed by atoms with van der Waals surface area (Å²) in [6, 6.07) is 16.1. The Labute approximate surface area is 207 Å². The largest absolute Gasteiger partial charge is 0.497 e. The molecule has 1 atom stereocenters. The molecule has 2 aromatic carbocycles. The SMILES string of the molecule is CCCCCN1C(=S)NC(c2ccc(CC)cc2)C(c2nc(-c3ccc(OC)cc3)no2)=C1C. The summed E-state index contributed by atoms with van der Waals surface area (Å²) in [7, 11) is 1.65. The standard InChI is InChI=1S/C27H32N4O2S/c1-5-7-8-17-31-18(3)23(24(28-27(31)34)20-11-9-19(6-2)10-12-20)26-29-25(30-33-26)21-13-15-22(32-4)16-14-21/h9-16,24H,5-8,17H2,1-4H3,(H,28,34). The van der Waals surface area contributed by atoms with Crippen LogP contribution in [-0.4, -0.2) is 33.8 Å². The number of aromatic nitrogens is 2. The molecule has 0 aliphatic carbocycles. The third kappa shape index (κ3) is 4.99. The molecule has 4 rings (SSSR count). The number of allylic oxidation sites excluding steroid dienone is 1. The first-order valence-electron chi connectivity index (χ1n) is 11.9. The topological polar surface area (TPSA) is 63.4 Å². The molecule has 7 heteroatoms. The maximum atomic E-state index is 5.83. The molecule has 2 heterocycles. The highest BCUT2D eigenvalue weighted by atomic mass is 32.1. The van der Waals surface area contributed by atoms with Gasteiger partial charge in [-0.25, -0.2) is 0 Å². The van der Waals surface area contributed by atoms with E-state index in [1.54, 1.807) is 7.11 Å². The highest BCUT2D eigenvalue weighted by Crippen LogP contribution is 2.37. The predicted octanol–water partition coefficient (Wildman–Crippen LogP) is 6.16. The monoisotopic (exact) mass is 476 g/mol. The van der Waals surface area contributed by atoms with Gasteiger partial charge in [-0.1, -0.05) is 56.1 Å². The van der Waals surface area contributed by atoms with E-state index in [2.05, 4.69) is 60.4 Å². The van der Waals surface area contributed by atoms with Gasteiger partial charge < -0.3 is 19.5 Å². The van der Waals surface area contributed by atoms with Crippen LogP contribution in [0.4, 0.5) is 0 Å². The molecule has 6 nitrogen and oxygen atoms in total. The van der Waals surface area contributed by atoms with E-state index >= 15 is 0 Å². The van der Waals surface area contributed by atoms with Crippen molar-refractivity contribution in [2.24, 2.45) is 0 Å². The zero-order chi connectivity index (χ0) is 24.1. The van der Waals surface area contributed by atoms with Gasteiger partial charge in [-0.05, 0) is 67.4 Å². The number of hydrogen-bond donors (Lipinski definition) is 1. The van der Waals surface area contributed by atoms with E-state index in [0.717, 1.165) is 65.5 Å². The number of aryl methyl sites for hydroxylation is 1. The Bertz CT molecular complexity index is 1150. The molecule has 178 valence electrons. The smallest absolute Gasteiger partial charge is 0.258 e. The lowest BCUT2D eigenvalue weighted by atomic mass is 9.93. The van der Waals surface area contributed by atoms with Gasteiger partial charge in [0.25, 0.3) is 5.89 Å². The van der Waals surface area contributed by atoms with E-state index in [1.807, 2.05) is 24.3 Å². The average Bonchev–Trinajstić information content (AvgIpc) is 3.35. The van der Waals surface area contributed by atoms with Crippen LogP contribution in [0.15, 0.2) is 58.8 Å². The van der Waals surface area contributed by atoms with Gasteiger partial charge in [0.15, 0.2) is 5.11 Å². The second kappa shape index (κ2) is 10.8. The molecule has 1 N–H and O–H groups in total. The normalized spacial score (nSPS) is 16.1. The fraction of sp³-hybridized carbons (Fsp3) is 0.370. The van der Waals surface area contributed by atoms with Gasteiger partial charge in [0.05, 0.1) is 18.7 Å². The fourth-order valence-corrected chi connectivity index (χ4v) is 4.58. The van der Waals surface area contributed by atoms with E-state index in [9.17, 15) is 0 Å². The molecule has 0 bridgehead atoms. The number of methoxy groups -OCH3 is 1. The van der Waals surface area contributed by atoms with E-state index in [4.69, 9.17) is 26.5 Å². The molecule has 1 aliphatic rings. The molecule has 1 unspecified atom stereocenters. The summed E-state index contributed by atoms with van der Waals surface area (Å²) < 4.78 is 11.1. The lowest BCUT2D eigenvalue weighted by Gasteiger charge is -2.37. The molecule has 34 heavy (non-hydrogen) atoms. The van der Waals surface area contributed by atoms with Crippen molar-refractivity contribution in [3.05, 3.63) is 71.2 Å². The first kappa shape index (κ1) is 24.0. The number of thiocarbonyl (C=S) groups is 1. The van der Waals surface area contributed by atoms with E-state index < -0.39 is 0 Å². The Morgan fingerprint density at radius 2 is 1.79 bits per heavy atom. The summed E-state index contributed by atoms with van der Waals surface area (Å²) >= 11 is 5.79. The van der Waals surface area contributed by atoms with Gasteiger partial charge in [0.2, 0.25) is 5.82 Å². The summed E-state index contributed by atoms with van der Waals surface area (Å²) in [6.45, 7) is 7.32. The van der Waals surface area contributed by atoms with Crippen LogP contribution in [-0.2, 0) is 6.42 Å². The number of hydrogen-bond acceptors (Lipinski definition) is 5. The maximum Gasteiger partial charge on any atom is 0.258 e. The molecular formula is C27H32N4O2S. The Hall–Kier alpha value is -3.19. The van der Waals surface area contributed by atoms with Crippen LogP contribution >= 0.6 is 12.2 Å². The predicted molar refractivity (Wildman–Crippen MR) is 139 cm³/mol. The minimum atomic E-state index is -0.162. The number of unbranched alkanes of at least 4 members (excludes halogenated alkanes) is 2. The Morgan fingerprint density at radius 1 is 1.06 bits per heavy atom. The van der Waals surface area contributed by atoms with Gasteiger partial charge in [-0.2, -0.15) is 4.98 Å². The van der Waals surface area contributed by atoms with E-state index in [0.29, 0.717) is 11.7 Å². The first-order valence-corrected chi connectivity index (χ1v) is 12.3. The van der Waals surface area contributed by atoms with Crippen LogP contribution in [0, 0.1) is 0 Å². The average molecular weight is 477 g/mol. The van der Waals surface area contributed by atoms with Gasteiger partial charge in [-0.3, -0.25) is 0 Å². The molecular weight excluding hydrogens is 444 g/mol. The van der Waals surface area contributed by atoms with Gasteiger partial charge in [-0.15, -0.1) is 0 Å². The lowest BCUT2D eigenvalue weighted by molar-refractivity contribution is 0.395. The molecule has 0 amide bonds. The minimum absolute atomic E-state index is 0.162. The maximum absolute atomic E-state index is 5.83. The first-order chi connectivity index (χ1) is 16.5. The quantitative estimate of drug-likeness (QED) is 0.293. The fourth-order valence-electron chi connectivity index (χ4n) is 4.23. The van der Waals surface area contributed by atoms with Crippen LogP contribution in [0.2, 0.25) is 0 Å². The molecule has 0 fully saturated rings. The summed E-state index contributed by atoms with van der Waals surface area (Å²) in [4.78, 5) is 6.95. The van der Waals surface area contributed by atoms with E-state index in [-0.39, 0.29) is 6.04 Å². The van der Waals surface area contributed by atoms with Crippen molar-refractivity contribution in [2.45, 2.75) is 52.5 Å². The molecule has 0 spiro atoms. The Balaban J connectivity index is 1.74. The van der Waals surface area contributed by atoms with Crippen molar-refractivity contribution in [1.29, 1.82) is 0 Å². The Morgan fingerprint density at radius 3 is 2.44 bits per heavy atom. The van der Waals surface area contributed by atoms with Crippen molar-refractivity contribution < 1.29 is 9.26 Å². The second-order valence-corrected chi connectivity index (χ2v) is 8.87. The number of nitrogens with zero attached hydrogens (tertiary/aromatic N) is 3. The van der Waals surface area contributed by atoms with Crippen molar-refractivity contribution >= 4 is 22.9 Å². The van der Waals surface area contributed by atoms with Crippen LogP contribution in [0.25, 0.3) is 17.0 Å². The molecule has 1 aromatic heterocycles. The molecule has 1 aliphatic heterocycles. The Kier molecular flexibility index (Phi) is 7.63. The molecule has 0 radical (unpaired) electrons. The number of rotatable bonds is 9. The molecule has 0 saturated carbocycles. The van der Waals surface area contributed by atoms with Crippen LogP contribution in [0.3, 0.4) is 0 Å². The van der Waals surface area contributed by atoms with Gasteiger partial charge in [0.1, 0.15) is 5.75 Å². The summed E-state index contributed by atoms with van der Waals surface area (Å²) in [5, 5.41) is 8.56. The molecule has 3 aromatic rings. The second-order valence-electron chi connectivity index (χ2n) is 8.49. The highest BCUT2D eigenvalue weighted by Gasteiger charge is 2.33. The van der Waals surface area contributed by atoms with Crippen molar-refractivity contribution in [1.82, 2.24) is 20.4 Å².